The van der Waals surface area contributed by atoms with Crippen LogP contribution in [0.2, 0.25) is 0 Å². The van der Waals surface area contributed by atoms with E-state index in [2.05, 4.69) is 19.2 Å². The highest BCUT2D eigenvalue weighted by Crippen LogP contribution is 2.06. The van der Waals surface area contributed by atoms with Gasteiger partial charge in [0.1, 0.15) is 0 Å². The minimum absolute atomic E-state index is 0.0657. The third-order valence-electron chi connectivity index (χ3n) is 2.77. The summed E-state index contributed by atoms with van der Waals surface area (Å²) < 4.78 is 0. The number of unbranched alkanes of at least 4 members (excludes halogenated alkanes) is 1. The normalized spacial score (nSPS) is 10.1. The highest BCUT2D eigenvalue weighted by Gasteiger charge is 2.04. The number of benzene rings is 1. The molecule has 0 saturated carbocycles. The van der Waals surface area contributed by atoms with Gasteiger partial charge >= 0.3 is 0 Å². The molecule has 0 aliphatic carbocycles. The van der Waals surface area contributed by atoms with Crippen LogP contribution >= 0.6 is 0 Å². The van der Waals surface area contributed by atoms with Crippen LogP contribution in [0.3, 0.4) is 0 Å². The molecule has 1 amide bonds. The van der Waals surface area contributed by atoms with Gasteiger partial charge in [0.25, 0.3) is 5.91 Å². The molecule has 0 saturated heterocycles. The molecular weight excluding hydrogens is 224 g/mol. The highest BCUT2D eigenvalue weighted by atomic mass is 16.1. The number of carbonyl (C=O) groups excluding carboxylic acids is 1. The Kier molecular flexibility index (Phi) is 5.93. The highest BCUT2D eigenvalue weighted by molar-refractivity contribution is 5.94. The van der Waals surface area contributed by atoms with E-state index in [0.29, 0.717) is 17.7 Å². The van der Waals surface area contributed by atoms with Crippen LogP contribution in [-0.2, 0) is 0 Å². The van der Waals surface area contributed by atoms with Crippen LogP contribution in [0.15, 0.2) is 24.3 Å². The SMILES string of the molecule is CC(C)CCCCNC(=O)c1ccc(C#N)cc1. The molecule has 0 aromatic heterocycles. The van der Waals surface area contributed by atoms with Crippen molar-refractivity contribution < 1.29 is 4.79 Å². The number of nitrogens with zero attached hydrogens (tertiary/aromatic N) is 1. The number of nitrogens with one attached hydrogen (secondary N) is 1. The van der Waals surface area contributed by atoms with Crippen molar-refractivity contribution in [1.29, 1.82) is 5.26 Å². The first-order valence-corrected chi connectivity index (χ1v) is 6.42. The molecule has 0 unspecified atom stereocenters. The molecule has 96 valence electrons. The molecule has 0 fully saturated rings. The van der Waals surface area contributed by atoms with Crippen molar-refractivity contribution in [2.45, 2.75) is 33.1 Å². The van der Waals surface area contributed by atoms with Crippen molar-refractivity contribution in [2.24, 2.45) is 5.92 Å². The summed E-state index contributed by atoms with van der Waals surface area (Å²) in [5.74, 6) is 0.656. The first-order chi connectivity index (χ1) is 8.63. The van der Waals surface area contributed by atoms with Crippen LogP contribution in [0.25, 0.3) is 0 Å². The fourth-order valence-electron chi connectivity index (χ4n) is 1.68. The lowest BCUT2D eigenvalue weighted by atomic mass is 10.1. The third kappa shape index (κ3) is 5.01. The topological polar surface area (TPSA) is 52.9 Å². The zero-order chi connectivity index (χ0) is 13.4. The standard InChI is InChI=1S/C15H20N2O/c1-12(2)5-3-4-10-17-15(18)14-8-6-13(11-16)7-9-14/h6-9,12H,3-5,10H2,1-2H3,(H,17,18). The molecule has 0 bridgehead atoms. The largest absolute Gasteiger partial charge is 0.352 e. The number of hydrogen-bond donors (Lipinski definition) is 1. The van der Waals surface area contributed by atoms with Crippen molar-refractivity contribution in [3.63, 3.8) is 0 Å². The van der Waals surface area contributed by atoms with Gasteiger partial charge in [-0.3, -0.25) is 4.79 Å². The van der Waals surface area contributed by atoms with E-state index in [1.165, 1.54) is 6.42 Å². The molecule has 3 nitrogen and oxygen atoms in total. The van der Waals surface area contributed by atoms with Gasteiger partial charge in [0, 0.05) is 12.1 Å². The summed E-state index contributed by atoms with van der Waals surface area (Å²) in [5.41, 5.74) is 1.18. The van der Waals surface area contributed by atoms with E-state index >= 15 is 0 Å². The summed E-state index contributed by atoms with van der Waals surface area (Å²) in [6.45, 7) is 5.12. The summed E-state index contributed by atoms with van der Waals surface area (Å²) in [4.78, 5) is 11.7. The Morgan fingerprint density at radius 3 is 2.50 bits per heavy atom. The van der Waals surface area contributed by atoms with Gasteiger partial charge in [-0.2, -0.15) is 5.26 Å². The summed E-state index contributed by atoms with van der Waals surface area (Å²) in [6, 6.07) is 8.72. The zero-order valence-corrected chi connectivity index (χ0v) is 11.1. The van der Waals surface area contributed by atoms with Crippen LogP contribution in [0.5, 0.6) is 0 Å². The van der Waals surface area contributed by atoms with Crippen molar-refractivity contribution in [3.8, 4) is 6.07 Å². The first kappa shape index (κ1) is 14.2. The van der Waals surface area contributed by atoms with E-state index in [9.17, 15) is 4.79 Å². The number of amides is 1. The Morgan fingerprint density at radius 1 is 1.28 bits per heavy atom. The molecule has 0 aliphatic rings. The van der Waals surface area contributed by atoms with E-state index in [0.717, 1.165) is 18.8 Å². The van der Waals surface area contributed by atoms with E-state index in [1.54, 1.807) is 24.3 Å². The smallest absolute Gasteiger partial charge is 0.251 e. The summed E-state index contributed by atoms with van der Waals surface area (Å²) in [6.07, 6.45) is 3.36. The molecule has 0 spiro atoms. The van der Waals surface area contributed by atoms with Gasteiger partial charge in [-0.1, -0.05) is 26.7 Å². The van der Waals surface area contributed by atoms with Crippen molar-refractivity contribution in [1.82, 2.24) is 5.32 Å². The Labute approximate surface area is 109 Å². The molecule has 1 rings (SSSR count). The van der Waals surface area contributed by atoms with Crippen LogP contribution in [0, 0.1) is 17.2 Å². The molecule has 1 N–H and O–H groups in total. The Morgan fingerprint density at radius 2 is 1.94 bits per heavy atom. The van der Waals surface area contributed by atoms with Crippen LogP contribution in [0.4, 0.5) is 0 Å². The molecular formula is C15H20N2O. The summed E-state index contributed by atoms with van der Waals surface area (Å²) in [7, 11) is 0. The van der Waals surface area contributed by atoms with Gasteiger partial charge in [0.15, 0.2) is 0 Å². The second-order valence-electron chi connectivity index (χ2n) is 4.83. The monoisotopic (exact) mass is 244 g/mol. The van der Waals surface area contributed by atoms with Crippen LogP contribution < -0.4 is 5.32 Å². The molecule has 0 radical (unpaired) electrons. The maximum absolute atomic E-state index is 11.7. The van der Waals surface area contributed by atoms with Gasteiger partial charge in [-0.15, -0.1) is 0 Å². The lowest BCUT2D eigenvalue weighted by Crippen LogP contribution is -2.24. The third-order valence-corrected chi connectivity index (χ3v) is 2.77. The zero-order valence-electron chi connectivity index (χ0n) is 11.1. The molecule has 0 aliphatic heterocycles. The minimum atomic E-state index is -0.0657. The molecule has 1 aromatic rings. The summed E-state index contributed by atoms with van der Waals surface area (Å²) >= 11 is 0. The molecule has 3 heteroatoms. The van der Waals surface area contributed by atoms with Crippen LogP contribution in [-0.4, -0.2) is 12.5 Å². The van der Waals surface area contributed by atoms with Gasteiger partial charge < -0.3 is 5.32 Å². The van der Waals surface area contributed by atoms with E-state index in [1.807, 2.05) is 6.07 Å². The second kappa shape index (κ2) is 7.50. The average molecular weight is 244 g/mol. The average Bonchev–Trinajstić information content (AvgIpc) is 2.38. The van der Waals surface area contributed by atoms with E-state index < -0.39 is 0 Å². The van der Waals surface area contributed by atoms with E-state index in [-0.39, 0.29) is 5.91 Å². The maximum atomic E-state index is 11.7. The maximum Gasteiger partial charge on any atom is 0.251 e. The predicted octanol–water partition coefficient (Wildman–Crippen LogP) is 3.11. The Balaban J connectivity index is 2.30. The van der Waals surface area contributed by atoms with Gasteiger partial charge in [0.2, 0.25) is 0 Å². The number of rotatable bonds is 6. The first-order valence-electron chi connectivity index (χ1n) is 6.42. The number of hydrogen-bond acceptors (Lipinski definition) is 2. The lowest BCUT2D eigenvalue weighted by Gasteiger charge is -2.06. The fraction of sp³-hybridized carbons (Fsp3) is 0.467. The summed E-state index contributed by atoms with van der Waals surface area (Å²) in [5, 5.41) is 11.6. The van der Waals surface area contributed by atoms with E-state index in [4.69, 9.17) is 5.26 Å². The lowest BCUT2D eigenvalue weighted by molar-refractivity contribution is 0.0953. The molecule has 0 atom stereocenters. The number of nitriles is 1. The Bertz CT molecular complexity index is 415. The predicted molar refractivity (Wildman–Crippen MR) is 72.2 cm³/mol. The van der Waals surface area contributed by atoms with Crippen molar-refractivity contribution in [2.75, 3.05) is 6.54 Å². The fourth-order valence-corrected chi connectivity index (χ4v) is 1.68. The van der Waals surface area contributed by atoms with Crippen molar-refractivity contribution in [3.05, 3.63) is 35.4 Å². The quantitative estimate of drug-likeness (QED) is 0.782. The second-order valence-corrected chi connectivity index (χ2v) is 4.83. The van der Waals surface area contributed by atoms with Crippen LogP contribution in [0.1, 0.15) is 49.0 Å². The van der Waals surface area contributed by atoms with Gasteiger partial charge in [-0.25, -0.2) is 0 Å². The molecule has 0 heterocycles. The van der Waals surface area contributed by atoms with Crippen molar-refractivity contribution >= 4 is 5.91 Å². The minimum Gasteiger partial charge on any atom is -0.352 e. The number of carbonyl (C=O) groups is 1. The molecule has 18 heavy (non-hydrogen) atoms. The van der Waals surface area contributed by atoms with Gasteiger partial charge in [0.05, 0.1) is 11.6 Å². The van der Waals surface area contributed by atoms with Gasteiger partial charge in [-0.05, 0) is 36.6 Å². The molecule has 1 aromatic carbocycles. The Hall–Kier alpha value is -1.82.